The van der Waals surface area contributed by atoms with Crippen LogP contribution >= 0.6 is 23.2 Å². The van der Waals surface area contributed by atoms with E-state index in [0.29, 0.717) is 11.3 Å². The Hall–Kier alpha value is -2.45. The van der Waals surface area contributed by atoms with Crippen molar-refractivity contribution in [3.05, 3.63) is 45.3 Å². The minimum atomic E-state index is -1.01. The van der Waals surface area contributed by atoms with Crippen molar-refractivity contribution in [2.75, 3.05) is 14.2 Å². The average Bonchev–Trinajstić information content (AvgIpc) is 2.59. The molecule has 0 aromatic heterocycles. The third kappa shape index (κ3) is 4.15. The lowest BCUT2D eigenvalue weighted by Gasteiger charge is -2.27. The fraction of sp³-hybridized carbons (Fsp3) is 0.267. The molecule has 2 rings (SSSR count). The highest BCUT2D eigenvalue weighted by Crippen LogP contribution is 2.39. The molecule has 25 heavy (non-hydrogen) atoms. The highest BCUT2D eigenvalue weighted by molar-refractivity contribution is 6.36. The zero-order valence-electron chi connectivity index (χ0n) is 13.5. The molecule has 0 saturated heterocycles. The van der Waals surface area contributed by atoms with Gasteiger partial charge in [-0.3, -0.25) is 5.43 Å². The summed E-state index contributed by atoms with van der Waals surface area (Å²) in [5.41, 5.74) is 3.31. The molecular weight excluding hydrogens is 375 g/mol. The lowest BCUT2D eigenvalue weighted by atomic mass is 9.94. The van der Waals surface area contributed by atoms with Crippen molar-refractivity contribution in [2.45, 2.75) is 12.8 Å². The molecule has 10 heteroatoms. The van der Waals surface area contributed by atoms with Gasteiger partial charge in [0.2, 0.25) is 5.90 Å². The quantitative estimate of drug-likeness (QED) is 0.769. The van der Waals surface area contributed by atoms with E-state index in [-0.39, 0.29) is 21.7 Å². The number of hydrogen-bond donors (Lipinski definition) is 1. The number of hydrazone groups is 1. The fourth-order valence-electron chi connectivity index (χ4n) is 2.10. The number of methoxy groups -OCH3 is 2. The average molecular weight is 389 g/mol. The predicted octanol–water partition coefficient (Wildman–Crippen LogP) is 3.79. The van der Waals surface area contributed by atoms with Crippen molar-refractivity contribution in [3.63, 3.8) is 0 Å². The van der Waals surface area contributed by atoms with Gasteiger partial charge in [-0.25, -0.2) is 9.59 Å². The molecule has 1 atom stereocenters. The van der Waals surface area contributed by atoms with Gasteiger partial charge in [-0.15, -0.1) is 5.10 Å². The van der Waals surface area contributed by atoms with E-state index in [9.17, 15) is 9.59 Å². The van der Waals surface area contributed by atoms with Crippen molar-refractivity contribution in [2.24, 2.45) is 5.10 Å². The Labute approximate surface area is 153 Å². The molecule has 1 aromatic carbocycles. The summed E-state index contributed by atoms with van der Waals surface area (Å²) in [6.07, 6.45) is -1.98. The number of halogens is 2. The summed E-state index contributed by atoms with van der Waals surface area (Å²) in [6, 6.07) is 4.82. The van der Waals surface area contributed by atoms with Crippen molar-refractivity contribution >= 4 is 41.4 Å². The Morgan fingerprint density at radius 3 is 2.20 bits per heavy atom. The summed E-state index contributed by atoms with van der Waals surface area (Å²) in [6.45, 7) is 1.61. The van der Waals surface area contributed by atoms with Crippen LogP contribution in [-0.2, 0) is 18.9 Å². The highest BCUT2D eigenvalue weighted by atomic mass is 35.5. The van der Waals surface area contributed by atoms with E-state index in [1.165, 1.54) is 0 Å². The minimum Gasteiger partial charge on any atom is -0.437 e. The second kappa shape index (κ2) is 8.09. The van der Waals surface area contributed by atoms with Crippen LogP contribution in [0.4, 0.5) is 9.59 Å². The Morgan fingerprint density at radius 1 is 1.08 bits per heavy atom. The molecule has 134 valence electrons. The van der Waals surface area contributed by atoms with Crippen LogP contribution in [0.2, 0.25) is 10.0 Å². The number of carbonyl (C=O) groups is 2. The summed E-state index contributed by atoms with van der Waals surface area (Å²) < 4.78 is 19.3. The molecule has 0 saturated carbocycles. The van der Waals surface area contributed by atoms with Gasteiger partial charge in [-0.2, -0.15) is 0 Å². The van der Waals surface area contributed by atoms with Gasteiger partial charge in [-0.05, 0) is 19.1 Å². The van der Waals surface area contributed by atoms with Gasteiger partial charge in [0.1, 0.15) is 11.7 Å². The molecule has 1 aliphatic heterocycles. The van der Waals surface area contributed by atoms with Crippen LogP contribution in [0.15, 0.2) is 34.8 Å². The van der Waals surface area contributed by atoms with Gasteiger partial charge < -0.3 is 18.9 Å². The molecule has 1 aliphatic rings. The molecule has 1 aromatic rings. The second-order valence-corrected chi connectivity index (χ2v) is 5.55. The van der Waals surface area contributed by atoms with Crippen LogP contribution < -0.4 is 5.43 Å². The van der Waals surface area contributed by atoms with E-state index >= 15 is 0 Å². The van der Waals surface area contributed by atoms with E-state index < -0.39 is 18.2 Å². The predicted molar refractivity (Wildman–Crippen MR) is 89.5 cm³/mol. The molecular formula is C15H14Cl2N2O6. The van der Waals surface area contributed by atoms with Gasteiger partial charge in [0.05, 0.1) is 19.9 Å². The SMILES string of the molecule is COC(=O)OC1=NNC(C)=C(OC(=O)OC)C1c1c(Cl)cccc1Cl. The Balaban J connectivity index is 2.56. The molecule has 0 bridgehead atoms. The summed E-state index contributed by atoms with van der Waals surface area (Å²) in [4.78, 5) is 23.1. The molecule has 0 fully saturated rings. The Bertz CT molecular complexity index is 742. The first-order valence-corrected chi connectivity index (χ1v) is 7.64. The van der Waals surface area contributed by atoms with Crippen molar-refractivity contribution in [1.82, 2.24) is 5.43 Å². The third-order valence-corrected chi connectivity index (χ3v) is 3.87. The van der Waals surface area contributed by atoms with Gasteiger partial charge >= 0.3 is 12.3 Å². The highest BCUT2D eigenvalue weighted by Gasteiger charge is 2.37. The van der Waals surface area contributed by atoms with E-state index in [1.54, 1.807) is 25.1 Å². The number of allylic oxidation sites excluding steroid dienone is 1. The van der Waals surface area contributed by atoms with E-state index in [2.05, 4.69) is 20.0 Å². The fourth-order valence-corrected chi connectivity index (χ4v) is 2.72. The number of nitrogens with one attached hydrogen (secondary N) is 1. The maximum Gasteiger partial charge on any atom is 0.514 e. The molecule has 0 radical (unpaired) electrons. The molecule has 1 unspecified atom stereocenters. The maximum atomic E-state index is 11.6. The number of nitrogens with zero attached hydrogens (tertiary/aromatic N) is 1. The number of hydrogen-bond acceptors (Lipinski definition) is 8. The van der Waals surface area contributed by atoms with Crippen molar-refractivity contribution in [1.29, 1.82) is 0 Å². The number of ether oxygens (including phenoxy) is 4. The molecule has 0 spiro atoms. The largest absolute Gasteiger partial charge is 0.514 e. The van der Waals surface area contributed by atoms with Crippen LogP contribution in [0.5, 0.6) is 0 Å². The van der Waals surface area contributed by atoms with Gasteiger partial charge in [-0.1, -0.05) is 29.3 Å². The minimum absolute atomic E-state index is 0.0655. The lowest BCUT2D eigenvalue weighted by Crippen LogP contribution is -2.32. The normalized spacial score (nSPS) is 16.5. The van der Waals surface area contributed by atoms with Crippen molar-refractivity contribution in [3.8, 4) is 0 Å². The summed E-state index contributed by atoms with van der Waals surface area (Å²) >= 11 is 12.5. The standard InChI is InChI=1S/C15H14Cl2N2O6/c1-7-12(24-14(20)22-2)11(10-8(16)5-4-6-9(10)17)13(19-18-7)25-15(21)23-3/h4-6,11,18H,1-3H3. The summed E-state index contributed by atoms with van der Waals surface area (Å²) in [5, 5.41) is 4.48. The molecule has 1 N–H and O–H groups in total. The first kappa shape index (κ1) is 18.9. The van der Waals surface area contributed by atoms with Crippen LogP contribution in [-0.4, -0.2) is 32.4 Å². The van der Waals surface area contributed by atoms with Crippen LogP contribution in [0.25, 0.3) is 0 Å². The number of carbonyl (C=O) groups excluding carboxylic acids is 2. The van der Waals surface area contributed by atoms with E-state index in [1.807, 2.05) is 0 Å². The second-order valence-electron chi connectivity index (χ2n) is 4.73. The molecule has 0 amide bonds. The van der Waals surface area contributed by atoms with Crippen LogP contribution in [0, 0.1) is 0 Å². The van der Waals surface area contributed by atoms with Crippen LogP contribution in [0.1, 0.15) is 18.4 Å². The van der Waals surface area contributed by atoms with Crippen LogP contribution in [0.3, 0.4) is 0 Å². The zero-order valence-corrected chi connectivity index (χ0v) is 15.0. The van der Waals surface area contributed by atoms with Crippen molar-refractivity contribution < 1.29 is 28.5 Å². The molecule has 0 aliphatic carbocycles. The Morgan fingerprint density at radius 2 is 1.64 bits per heavy atom. The zero-order chi connectivity index (χ0) is 18.6. The first-order valence-electron chi connectivity index (χ1n) is 6.88. The maximum absolute atomic E-state index is 11.6. The van der Waals surface area contributed by atoms with E-state index in [0.717, 1.165) is 14.2 Å². The Kier molecular flexibility index (Phi) is 6.11. The van der Waals surface area contributed by atoms with Gasteiger partial charge in [0.25, 0.3) is 0 Å². The lowest BCUT2D eigenvalue weighted by molar-refractivity contribution is 0.0908. The van der Waals surface area contributed by atoms with Gasteiger partial charge in [0.15, 0.2) is 0 Å². The summed E-state index contributed by atoms with van der Waals surface area (Å²) in [7, 11) is 2.30. The van der Waals surface area contributed by atoms with E-state index in [4.69, 9.17) is 32.7 Å². The van der Waals surface area contributed by atoms with Gasteiger partial charge in [0, 0.05) is 15.6 Å². The topological polar surface area (TPSA) is 95.5 Å². The third-order valence-electron chi connectivity index (χ3n) is 3.22. The smallest absolute Gasteiger partial charge is 0.437 e. The number of rotatable bonds is 2. The summed E-state index contributed by atoms with van der Waals surface area (Å²) in [5.74, 6) is -1.07. The number of benzene rings is 1. The molecule has 8 nitrogen and oxygen atoms in total. The molecule has 1 heterocycles. The first-order chi connectivity index (χ1) is 11.9. The monoisotopic (exact) mass is 388 g/mol.